The van der Waals surface area contributed by atoms with Crippen molar-refractivity contribution in [3.8, 4) is 0 Å². The van der Waals surface area contributed by atoms with Crippen LogP contribution in [0, 0.1) is 6.92 Å². The zero-order chi connectivity index (χ0) is 10.1. The van der Waals surface area contributed by atoms with E-state index in [-0.39, 0.29) is 0 Å². The zero-order valence-corrected chi connectivity index (χ0v) is 8.93. The summed E-state index contributed by atoms with van der Waals surface area (Å²) in [6.07, 6.45) is 2.29. The van der Waals surface area contributed by atoms with Crippen molar-refractivity contribution < 1.29 is 0 Å². The quantitative estimate of drug-likeness (QED) is 0.718. The lowest BCUT2D eigenvalue weighted by Gasteiger charge is -2.22. The van der Waals surface area contributed by atoms with Crippen LogP contribution in [0.15, 0.2) is 23.8 Å². The first-order valence-corrected chi connectivity index (χ1v) is 5.21. The van der Waals surface area contributed by atoms with Crippen LogP contribution < -0.4 is 5.73 Å². The molecule has 1 aliphatic carbocycles. The molecule has 1 aromatic rings. The van der Waals surface area contributed by atoms with Gasteiger partial charge in [-0.05, 0) is 49.0 Å². The van der Waals surface area contributed by atoms with Gasteiger partial charge in [-0.3, -0.25) is 0 Å². The number of allylic oxidation sites excluding steroid dienone is 1. The van der Waals surface area contributed by atoms with Crippen LogP contribution in [0.1, 0.15) is 30.0 Å². The highest BCUT2D eigenvalue weighted by Crippen LogP contribution is 2.32. The molecule has 14 heavy (non-hydrogen) atoms. The van der Waals surface area contributed by atoms with Gasteiger partial charge in [0, 0.05) is 6.54 Å². The van der Waals surface area contributed by atoms with E-state index in [0.29, 0.717) is 6.54 Å². The third-order valence-electron chi connectivity index (χ3n) is 3.21. The molecule has 1 aliphatic rings. The first-order chi connectivity index (χ1) is 6.74. The maximum atomic E-state index is 5.74. The van der Waals surface area contributed by atoms with Crippen molar-refractivity contribution in [2.45, 2.75) is 26.7 Å². The molecule has 0 heterocycles. The van der Waals surface area contributed by atoms with E-state index in [0.717, 1.165) is 12.8 Å². The summed E-state index contributed by atoms with van der Waals surface area (Å²) >= 11 is 0. The van der Waals surface area contributed by atoms with E-state index < -0.39 is 0 Å². The average molecular weight is 187 g/mol. The third kappa shape index (κ3) is 1.38. The maximum Gasteiger partial charge on any atom is 0.0142 e. The summed E-state index contributed by atoms with van der Waals surface area (Å²) < 4.78 is 0. The Labute approximate surface area is 85.6 Å². The molecule has 1 nitrogen and oxygen atoms in total. The van der Waals surface area contributed by atoms with E-state index in [1.807, 2.05) is 0 Å². The summed E-state index contributed by atoms with van der Waals surface area (Å²) in [6.45, 7) is 5.09. The minimum absolute atomic E-state index is 0.708. The lowest BCUT2D eigenvalue weighted by atomic mass is 9.84. The van der Waals surface area contributed by atoms with Gasteiger partial charge < -0.3 is 5.73 Å². The average Bonchev–Trinajstić information content (AvgIpc) is 2.18. The van der Waals surface area contributed by atoms with Crippen LogP contribution in [0.3, 0.4) is 0 Å². The molecule has 0 aliphatic heterocycles. The van der Waals surface area contributed by atoms with E-state index in [2.05, 4.69) is 32.0 Å². The Morgan fingerprint density at radius 1 is 1.21 bits per heavy atom. The van der Waals surface area contributed by atoms with Crippen molar-refractivity contribution in [1.82, 2.24) is 0 Å². The van der Waals surface area contributed by atoms with Crippen LogP contribution in [0.2, 0.25) is 0 Å². The van der Waals surface area contributed by atoms with E-state index >= 15 is 0 Å². The summed E-state index contributed by atoms with van der Waals surface area (Å²) in [5.74, 6) is 0. The van der Waals surface area contributed by atoms with Crippen LogP contribution in [0.4, 0.5) is 0 Å². The van der Waals surface area contributed by atoms with Gasteiger partial charge in [0.2, 0.25) is 0 Å². The fourth-order valence-corrected chi connectivity index (χ4v) is 2.38. The summed E-state index contributed by atoms with van der Waals surface area (Å²) in [5.41, 5.74) is 12.9. The Morgan fingerprint density at radius 3 is 2.71 bits per heavy atom. The molecule has 1 aromatic carbocycles. The normalized spacial score (nSPS) is 15.6. The minimum Gasteiger partial charge on any atom is -0.327 e. The highest BCUT2D eigenvalue weighted by atomic mass is 14.5. The summed E-state index contributed by atoms with van der Waals surface area (Å²) in [4.78, 5) is 0. The van der Waals surface area contributed by atoms with Crippen LogP contribution in [-0.2, 0) is 6.42 Å². The van der Waals surface area contributed by atoms with E-state index in [1.165, 1.54) is 27.8 Å². The molecule has 0 bridgehead atoms. The fourth-order valence-electron chi connectivity index (χ4n) is 2.38. The molecule has 0 radical (unpaired) electrons. The molecule has 2 N–H and O–H groups in total. The second kappa shape index (κ2) is 3.58. The van der Waals surface area contributed by atoms with Gasteiger partial charge in [-0.15, -0.1) is 0 Å². The zero-order valence-electron chi connectivity index (χ0n) is 8.93. The molecule has 0 atom stereocenters. The molecule has 2 rings (SSSR count). The Kier molecular flexibility index (Phi) is 2.42. The van der Waals surface area contributed by atoms with Crippen LogP contribution in [0.5, 0.6) is 0 Å². The smallest absolute Gasteiger partial charge is 0.0142 e. The number of nitrogens with two attached hydrogens (primary N) is 1. The van der Waals surface area contributed by atoms with Gasteiger partial charge in [-0.2, -0.15) is 0 Å². The highest BCUT2D eigenvalue weighted by molar-refractivity contribution is 5.74. The molecule has 0 aromatic heterocycles. The molecule has 0 fully saturated rings. The van der Waals surface area contributed by atoms with Crippen LogP contribution >= 0.6 is 0 Å². The predicted octanol–water partition coefficient (Wildman–Crippen LogP) is 2.67. The largest absolute Gasteiger partial charge is 0.327 e. The van der Waals surface area contributed by atoms with Crippen molar-refractivity contribution in [2.24, 2.45) is 5.73 Å². The number of hydrogen-bond acceptors (Lipinski definition) is 1. The number of fused-ring (bicyclic) bond motifs is 1. The molecule has 0 saturated carbocycles. The maximum absolute atomic E-state index is 5.74. The monoisotopic (exact) mass is 187 g/mol. The van der Waals surface area contributed by atoms with Crippen LogP contribution in [0.25, 0.3) is 5.57 Å². The minimum atomic E-state index is 0.708. The van der Waals surface area contributed by atoms with Crippen molar-refractivity contribution in [3.63, 3.8) is 0 Å². The number of rotatable bonds is 1. The second-order valence-corrected chi connectivity index (χ2v) is 4.04. The van der Waals surface area contributed by atoms with Gasteiger partial charge in [0.1, 0.15) is 0 Å². The third-order valence-corrected chi connectivity index (χ3v) is 3.21. The Hall–Kier alpha value is -1.08. The lowest BCUT2D eigenvalue weighted by molar-refractivity contribution is 0.879. The number of hydrogen-bond donors (Lipinski definition) is 1. The van der Waals surface area contributed by atoms with Gasteiger partial charge in [0.25, 0.3) is 0 Å². The topological polar surface area (TPSA) is 26.0 Å². The highest BCUT2D eigenvalue weighted by Gasteiger charge is 2.15. The first-order valence-electron chi connectivity index (χ1n) is 5.21. The summed E-state index contributed by atoms with van der Waals surface area (Å²) in [5, 5.41) is 0. The van der Waals surface area contributed by atoms with Gasteiger partial charge in [0.05, 0.1) is 0 Å². The van der Waals surface area contributed by atoms with Gasteiger partial charge in [0.15, 0.2) is 0 Å². The van der Waals surface area contributed by atoms with E-state index in [9.17, 15) is 0 Å². The van der Waals surface area contributed by atoms with Gasteiger partial charge >= 0.3 is 0 Å². The molecule has 74 valence electrons. The SMILES string of the molecule is CC1=C(CN)CCc2cccc(C)c21. The fraction of sp³-hybridized carbons (Fsp3) is 0.385. The summed E-state index contributed by atoms with van der Waals surface area (Å²) in [6, 6.07) is 6.57. The molecule has 0 spiro atoms. The van der Waals surface area contributed by atoms with E-state index in [1.54, 1.807) is 0 Å². The Balaban J connectivity index is 2.60. The molecular formula is C13H17N. The molecule has 0 amide bonds. The van der Waals surface area contributed by atoms with Crippen LogP contribution in [-0.4, -0.2) is 6.54 Å². The van der Waals surface area contributed by atoms with Crippen molar-refractivity contribution in [2.75, 3.05) is 6.54 Å². The second-order valence-electron chi connectivity index (χ2n) is 4.04. The first kappa shape index (κ1) is 9.47. The lowest BCUT2D eigenvalue weighted by Crippen LogP contribution is -2.12. The molecule has 0 saturated heterocycles. The number of benzene rings is 1. The Bertz CT molecular complexity index is 388. The predicted molar refractivity (Wildman–Crippen MR) is 61.1 cm³/mol. The molecule has 1 heteroatoms. The van der Waals surface area contributed by atoms with E-state index in [4.69, 9.17) is 5.73 Å². The standard InChI is InChI=1S/C13H17N/c1-9-4-3-5-11-6-7-12(8-14)10(2)13(9)11/h3-5H,6-8,14H2,1-2H3. The Morgan fingerprint density at radius 2 is 2.00 bits per heavy atom. The van der Waals surface area contributed by atoms with Gasteiger partial charge in [-0.1, -0.05) is 23.8 Å². The van der Waals surface area contributed by atoms with Crippen molar-refractivity contribution in [1.29, 1.82) is 0 Å². The molecular weight excluding hydrogens is 170 g/mol. The number of aryl methyl sites for hydroxylation is 2. The molecule has 0 unspecified atom stereocenters. The van der Waals surface area contributed by atoms with Crippen molar-refractivity contribution >= 4 is 5.57 Å². The van der Waals surface area contributed by atoms with Gasteiger partial charge in [-0.25, -0.2) is 0 Å². The van der Waals surface area contributed by atoms with Crippen molar-refractivity contribution in [3.05, 3.63) is 40.5 Å². The summed E-state index contributed by atoms with van der Waals surface area (Å²) in [7, 11) is 0.